The van der Waals surface area contributed by atoms with E-state index in [4.69, 9.17) is 5.11 Å². The minimum atomic E-state index is -0.987. The number of nitrogens with two attached hydrogens (primary N) is 1. The molecule has 0 aromatic heterocycles. The normalized spacial score (nSPS) is 10.7. The van der Waals surface area contributed by atoms with E-state index in [2.05, 4.69) is 10.5 Å². The fourth-order valence-electron chi connectivity index (χ4n) is 0.298. The summed E-state index contributed by atoms with van der Waals surface area (Å²) in [5, 5.41) is 8.57. The van der Waals surface area contributed by atoms with Gasteiger partial charge in [0.15, 0.2) is 0 Å². The molecule has 10 heavy (non-hydrogen) atoms. The molecule has 0 atom stereocenters. The van der Waals surface area contributed by atoms with Crippen LogP contribution in [0.5, 0.6) is 0 Å². The van der Waals surface area contributed by atoms with E-state index in [9.17, 15) is 9.59 Å². The summed E-state index contributed by atoms with van der Waals surface area (Å²) in [7, 11) is 1.08. The summed E-state index contributed by atoms with van der Waals surface area (Å²) in [5.74, 6) is -2.68. The van der Waals surface area contributed by atoms with Crippen molar-refractivity contribution in [1.29, 1.82) is 0 Å². The van der Waals surface area contributed by atoms with E-state index in [1.807, 2.05) is 0 Å². The number of ether oxygens (including phenoxy) is 1. The van der Waals surface area contributed by atoms with E-state index < -0.39 is 17.6 Å². The second-order valence-electron chi connectivity index (χ2n) is 1.42. The van der Waals surface area contributed by atoms with Gasteiger partial charge in [-0.3, -0.25) is 4.79 Å². The molecule has 3 N–H and O–H groups in total. The Morgan fingerprint density at radius 1 is 1.60 bits per heavy atom. The molecule has 0 aliphatic rings. The lowest BCUT2D eigenvalue weighted by atomic mass is 10.4. The van der Waals surface area contributed by atoms with Gasteiger partial charge in [0.05, 0.1) is 13.2 Å². The zero-order valence-corrected chi connectivity index (χ0v) is 5.33. The maximum Gasteiger partial charge on any atom is 0.373 e. The predicted molar refractivity (Wildman–Crippen MR) is 31.9 cm³/mol. The quantitative estimate of drug-likeness (QED) is 0.299. The van der Waals surface area contributed by atoms with Crippen molar-refractivity contribution in [2.75, 3.05) is 7.11 Å². The molecule has 5 nitrogen and oxygen atoms in total. The van der Waals surface area contributed by atoms with E-state index in [0.29, 0.717) is 6.08 Å². The molecule has 0 aromatic rings. The minimum absolute atomic E-state index is 0.575. The number of methoxy groups -OCH3 is 1. The molecular weight excluding hydrogens is 138 g/mol. The lowest BCUT2D eigenvalue weighted by Crippen LogP contribution is -2.11. The number of rotatable bonds is 2. The third-order valence-corrected chi connectivity index (χ3v) is 0.674. The molecule has 0 unspecified atom stereocenters. The Morgan fingerprint density at radius 3 is 2.40 bits per heavy atom. The van der Waals surface area contributed by atoms with Crippen molar-refractivity contribution in [3.05, 3.63) is 11.8 Å². The first-order chi connectivity index (χ1) is 4.57. The van der Waals surface area contributed by atoms with E-state index in [-0.39, 0.29) is 0 Å². The summed E-state index contributed by atoms with van der Waals surface area (Å²) in [6.45, 7) is 0. The molecule has 56 valence electrons. The van der Waals surface area contributed by atoms with Crippen LogP contribution < -0.4 is 5.73 Å². The summed E-state index contributed by atoms with van der Waals surface area (Å²) in [6.07, 6.45) is 0.575. The van der Waals surface area contributed by atoms with E-state index in [1.165, 1.54) is 0 Å². The van der Waals surface area contributed by atoms with Gasteiger partial charge in [0.2, 0.25) is 11.7 Å². The Hall–Kier alpha value is -1.52. The molecule has 0 aliphatic carbocycles. The number of hydrogen-bond acceptors (Lipinski definition) is 4. The molecule has 0 saturated heterocycles. The molecule has 0 radical (unpaired) electrons. The first kappa shape index (κ1) is 8.48. The number of carbonyl (C=O) groups is 2. The molecule has 0 aliphatic heterocycles. The van der Waals surface area contributed by atoms with Crippen molar-refractivity contribution in [1.82, 2.24) is 0 Å². The van der Waals surface area contributed by atoms with Gasteiger partial charge in [0.1, 0.15) is 0 Å². The SMILES string of the molecule is COC(=O)/C(O)=C/C(N)=O. The van der Waals surface area contributed by atoms with Gasteiger partial charge in [0.25, 0.3) is 0 Å². The van der Waals surface area contributed by atoms with E-state index in [1.54, 1.807) is 0 Å². The zero-order chi connectivity index (χ0) is 8.15. The maximum atomic E-state index is 10.3. The summed E-state index contributed by atoms with van der Waals surface area (Å²) in [5.41, 5.74) is 4.60. The van der Waals surface area contributed by atoms with Crippen molar-refractivity contribution in [2.24, 2.45) is 5.73 Å². The van der Waals surface area contributed by atoms with Crippen LogP contribution in [-0.2, 0) is 14.3 Å². The van der Waals surface area contributed by atoms with Crippen LogP contribution in [0.25, 0.3) is 0 Å². The van der Waals surface area contributed by atoms with Crippen molar-refractivity contribution in [2.45, 2.75) is 0 Å². The van der Waals surface area contributed by atoms with Crippen LogP contribution in [0.2, 0.25) is 0 Å². The standard InChI is InChI=1S/C5H7NO4/c1-10-5(9)3(7)2-4(6)8/h2,7H,1H3,(H2,6,8)/b3-2-. The van der Waals surface area contributed by atoms with Crippen LogP contribution in [0, 0.1) is 0 Å². The highest BCUT2D eigenvalue weighted by Crippen LogP contribution is 1.89. The number of esters is 1. The summed E-state index contributed by atoms with van der Waals surface area (Å²) in [6, 6.07) is 0. The number of aliphatic hydroxyl groups excluding tert-OH is 1. The number of hydrogen-bond donors (Lipinski definition) is 2. The Kier molecular flexibility index (Phi) is 2.96. The molecule has 0 spiro atoms. The average Bonchev–Trinajstić information content (AvgIpc) is 1.85. The summed E-state index contributed by atoms with van der Waals surface area (Å²) in [4.78, 5) is 20.3. The first-order valence-electron chi connectivity index (χ1n) is 2.36. The van der Waals surface area contributed by atoms with Crippen molar-refractivity contribution < 1.29 is 19.4 Å². The summed E-state index contributed by atoms with van der Waals surface area (Å²) >= 11 is 0. The second-order valence-corrected chi connectivity index (χ2v) is 1.42. The Balaban J connectivity index is 4.19. The van der Waals surface area contributed by atoms with Gasteiger partial charge < -0.3 is 15.6 Å². The third kappa shape index (κ3) is 2.71. The average molecular weight is 145 g/mol. The molecule has 0 fully saturated rings. The Bertz CT molecular complexity index is 184. The fraction of sp³-hybridized carbons (Fsp3) is 0.200. The smallest absolute Gasteiger partial charge is 0.373 e. The van der Waals surface area contributed by atoms with Crippen LogP contribution >= 0.6 is 0 Å². The molecule has 0 heterocycles. The van der Waals surface area contributed by atoms with Gasteiger partial charge in [-0.05, 0) is 0 Å². The van der Waals surface area contributed by atoms with E-state index >= 15 is 0 Å². The van der Waals surface area contributed by atoms with Gasteiger partial charge >= 0.3 is 5.97 Å². The van der Waals surface area contributed by atoms with Gasteiger partial charge in [-0.2, -0.15) is 0 Å². The first-order valence-corrected chi connectivity index (χ1v) is 2.36. The van der Waals surface area contributed by atoms with Gasteiger partial charge in [0, 0.05) is 0 Å². The number of aliphatic hydroxyl groups is 1. The number of primary amides is 1. The van der Waals surface area contributed by atoms with Gasteiger partial charge in [-0.25, -0.2) is 4.79 Å². The molecule has 0 aromatic carbocycles. The molecule has 5 heteroatoms. The lowest BCUT2D eigenvalue weighted by molar-refractivity contribution is -0.139. The van der Waals surface area contributed by atoms with Crippen molar-refractivity contribution in [3.63, 3.8) is 0 Å². The molecule has 0 bridgehead atoms. The van der Waals surface area contributed by atoms with Gasteiger partial charge in [-0.1, -0.05) is 0 Å². The topological polar surface area (TPSA) is 89.6 Å². The van der Waals surface area contributed by atoms with Crippen molar-refractivity contribution in [3.8, 4) is 0 Å². The van der Waals surface area contributed by atoms with Gasteiger partial charge in [-0.15, -0.1) is 0 Å². The zero-order valence-electron chi connectivity index (χ0n) is 5.33. The summed E-state index contributed by atoms with van der Waals surface area (Å²) < 4.78 is 4.05. The number of carbonyl (C=O) groups excluding carboxylic acids is 2. The van der Waals surface area contributed by atoms with Crippen LogP contribution in [0.15, 0.2) is 11.8 Å². The molecule has 1 amide bonds. The predicted octanol–water partition coefficient (Wildman–Crippen LogP) is -0.913. The van der Waals surface area contributed by atoms with Crippen LogP contribution in [0.4, 0.5) is 0 Å². The fourth-order valence-corrected chi connectivity index (χ4v) is 0.298. The lowest BCUT2D eigenvalue weighted by Gasteiger charge is -1.93. The van der Waals surface area contributed by atoms with E-state index in [0.717, 1.165) is 7.11 Å². The highest BCUT2D eigenvalue weighted by Gasteiger charge is 2.06. The van der Waals surface area contributed by atoms with Crippen LogP contribution in [0.3, 0.4) is 0 Å². The Labute approximate surface area is 57.1 Å². The molecular formula is C5H7NO4. The maximum absolute atomic E-state index is 10.3. The monoisotopic (exact) mass is 145 g/mol. The van der Waals surface area contributed by atoms with Crippen LogP contribution in [-0.4, -0.2) is 24.1 Å². The van der Waals surface area contributed by atoms with Crippen molar-refractivity contribution >= 4 is 11.9 Å². The molecule has 0 rings (SSSR count). The largest absolute Gasteiger partial charge is 0.502 e. The minimum Gasteiger partial charge on any atom is -0.502 e. The van der Waals surface area contributed by atoms with Crippen LogP contribution in [0.1, 0.15) is 0 Å². The molecule has 0 saturated carbocycles. The highest BCUT2D eigenvalue weighted by atomic mass is 16.5. The Morgan fingerprint density at radius 2 is 2.10 bits per heavy atom. The third-order valence-electron chi connectivity index (χ3n) is 0.674. The number of amides is 1. The highest BCUT2D eigenvalue weighted by molar-refractivity contribution is 5.95. The second kappa shape index (κ2) is 3.49.